The van der Waals surface area contributed by atoms with Crippen LogP contribution in [0, 0.1) is 6.92 Å². The number of aryl methyl sites for hydroxylation is 1. The van der Waals surface area contributed by atoms with Crippen LogP contribution in [0.4, 0.5) is 0 Å². The lowest BCUT2D eigenvalue weighted by atomic mass is 10.2. The molecule has 0 amide bonds. The number of benzene rings is 1. The van der Waals surface area contributed by atoms with Crippen molar-refractivity contribution in [1.82, 2.24) is 30.4 Å². The van der Waals surface area contributed by atoms with Gasteiger partial charge in [-0.2, -0.15) is 5.10 Å². The average Bonchev–Trinajstić information content (AvgIpc) is 3.27. The maximum absolute atomic E-state index is 4.33. The van der Waals surface area contributed by atoms with Crippen LogP contribution in [0.25, 0.3) is 5.69 Å². The lowest BCUT2D eigenvalue weighted by Gasteiger charge is -2.11. The molecule has 0 atom stereocenters. The van der Waals surface area contributed by atoms with E-state index in [0.717, 1.165) is 22.2 Å². The summed E-state index contributed by atoms with van der Waals surface area (Å²) in [5.74, 6) is 0.753. The molecule has 8 heteroatoms. The predicted octanol–water partition coefficient (Wildman–Crippen LogP) is 1.90. The summed E-state index contributed by atoms with van der Waals surface area (Å²) < 4.78 is 1.73. The van der Waals surface area contributed by atoms with E-state index in [-0.39, 0.29) is 0 Å². The minimum absolute atomic E-state index is 0.670. The third-order valence-corrected chi connectivity index (χ3v) is 4.29. The molecule has 2 N–H and O–H groups in total. The van der Waals surface area contributed by atoms with Gasteiger partial charge < -0.3 is 10.6 Å². The SMILES string of the molecule is CN=C(NCc1ccc(-n2cncn2)cc1)NCc1ncc(C)s1. The Balaban J connectivity index is 1.52. The number of nitrogens with one attached hydrogen (secondary N) is 2. The highest BCUT2D eigenvalue weighted by Gasteiger charge is 2.02. The highest BCUT2D eigenvalue weighted by molar-refractivity contribution is 7.11. The van der Waals surface area contributed by atoms with E-state index in [1.807, 2.05) is 18.3 Å². The first kappa shape index (κ1) is 16.1. The lowest BCUT2D eigenvalue weighted by molar-refractivity contribution is 0.804. The van der Waals surface area contributed by atoms with E-state index >= 15 is 0 Å². The Kier molecular flexibility index (Phi) is 5.17. The fourth-order valence-electron chi connectivity index (χ4n) is 2.16. The average molecular weight is 341 g/mol. The number of hydrogen-bond donors (Lipinski definition) is 2. The monoisotopic (exact) mass is 341 g/mol. The molecule has 0 radical (unpaired) electrons. The van der Waals surface area contributed by atoms with Crippen LogP contribution in [0.15, 0.2) is 48.1 Å². The molecule has 24 heavy (non-hydrogen) atoms. The Labute approximate surface area is 144 Å². The maximum atomic E-state index is 4.33. The van der Waals surface area contributed by atoms with Crippen molar-refractivity contribution in [1.29, 1.82) is 0 Å². The maximum Gasteiger partial charge on any atom is 0.191 e. The summed E-state index contributed by atoms with van der Waals surface area (Å²) in [5.41, 5.74) is 2.14. The summed E-state index contributed by atoms with van der Waals surface area (Å²) in [7, 11) is 1.76. The quantitative estimate of drug-likeness (QED) is 0.547. The van der Waals surface area contributed by atoms with Crippen LogP contribution in [0.1, 0.15) is 15.4 Å². The highest BCUT2D eigenvalue weighted by Crippen LogP contribution is 2.10. The Morgan fingerprint density at radius 2 is 2.00 bits per heavy atom. The van der Waals surface area contributed by atoms with Crippen molar-refractivity contribution in [3.8, 4) is 5.69 Å². The summed E-state index contributed by atoms with van der Waals surface area (Å²) in [5, 5.41) is 11.7. The third kappa shape index (κ3) is 4.17. The zero-order valence-electron chi connectivity index (χ0n) is 13.6. The van der Waals surface area contributed by atoms with Crippen LogP contribution in [-0.4, -0.2) is 32.8 Å². The Morgan fingerprint density at radius 3 is 2.62 bits per heavy atom. The van der Waals surface area contributed by atoms with Gasteiger partial charge in [-0.15, -0.1) is 11.3 Å². The molecular formula is C16H19N7S. The molecule has 3 aromatic rings. The van der Waals surface area contributed by atoms with Crippen molar-refractivity contribution in [2.45, 2.75) is 20.0 Å². The van der Waals surface area contributed by atoms with Crippen molar-refractivity contribution < 1.29 is 0 Å². The summed E-state index contributed by atoms with van der Waals surface area (Å²) in [6.45, 7) is 3.41. The van der Waals surface area contributed by atoms with Crippen LogP contribution in [0.5, 0.6) is 0 Å². The number of nitrogens with zero attached hydrogens (tertiary/aromatic N) is 5. The second kappa shape index (κ2) is 7.69. The molecule has 3 rings (SSSR count). The van der Waals surface area contributed by atoms with Crippen molar-refractivity contribution in [3.05, 3.63) is 58.6 Å². The molecule has 0 fully saturated rings. The zero-order chi connectivity index (χ0) is 16.8. The third-order valence-electron chi connectivity index (χ3n) is 3.38. The van der Waals surface area contributed by atoms with Crippen molar-refractivity contribution in [3.63, 3.8) is 0 Å². The van der Waals surface area contributed by atoms with Crippen LogP contribution >= 0.6 is 11.3 Å². The van der Waals surface area contributed by atoms with E-state index < -0.39 is 0 Å². The molecule has 7 nitrogen and oxygen atoms in total. The number of thiazole rings is 1. The molecule has 0 saturated heterocycles. The fourth-order valence-corrected chi connectivity index (χ4v) is 2.88. The van der Waals surface area contributed by atoms with E-state index in [2.05, 4.69) is 49.7 Å². The first-order chi connectivity index (χ1) is 11.7. The number of rotatable bonds is 5. The van der Waals surface area contributed by atoms with Crippen LogP contribution in [-0.2, 0) is 13.1 Å². The largest absolute Gasteiger partial charge is 0.352 e. The summed E-state index contributed by atoms with van der Waals surface area (Å²) in [6.07, 6.45) is 5.09. The molecule has 0 aliphatic carbocycles. The molecule has 0 aliphatic rings. The summed E-state index contributed by atoms with van der Waals surface area (Å²) >= 11 is 1.69. The normalized spacial score (nSPS) is 11.5. The second-order valence-corrected chi connectivity index (χ2v) is 6.47. The van der Waals surface area contributed by atoms with Gasteiger partial charge in [0.15, 0.2) is 5.96 Å². The van der Waals surface area contributed by atoms with Gasteiger partial charge in [-0.05, 0) is 24.6 Å². The summed E-state index contributed by atoms with van der Waals surface area (Å²) in [6, 6.07) is 8.14. The van der Waals surface area contributed by atoms with Crippen molar-refractivity contribution in [2.75, 3.05) is 7.05 Å². The molecule has 0 saturated carbocycles. The van der Waals surface area contributed by atoms with Gasteiger partial charge in [-0.3, -0.25) is 4.99 Å². The molecule has 0 bridgehead atoms. The molecule has 2 heterocycles. The van der Waals surface area contributed by atoms with Crippen LogP contribution < -0.4 is 10.6 Å². The van der Waals surface area contributed by atoms with Crippen LogP contribution in [0.3, 0.4) is 0 Å². The van der Waals surface area contributed by atoms with Gasteiger partial charge in [0.05, 0.1) is 12.2 Å². The molecule has 0 spiro atoms. The fraction of sp³-hybridized carbons (Fsp3) is 0.250. The van der Waals surface area contributed by atoms with E-state index in [9.17, 15) is 0 Å². The van der Waals surface area contributed by atoms with Gasteiger partial charge in [0.2, 0.25) is 0 Å². The molecule has 1 aromatic carbocycles. The predicted molar refractivity (Wildman–Crippen MR) is 95.2 cm³/mol. The van der Waals surface area contributed by atoms with Gasteiger partial charge in [-0.25, -0.2) is 14.6 Å². The lowest BCUT2D eigenvalue weighted by Crippen LogP contribution is -2.36. The molecule has 124 valence electrons. The Bertz CT molecular complexity index is 790. The smallest absolute Gasteiger partial charge is 0.191 e. The first-order valence-corrected chi connectivity index (χ1v) is 8.36. The van der Waals surface area contributed by atoms with Crippen LogP contribution in [0.2, 0.25) is 0 Å². The topological polar surface area (TPSA) is 80.0 Å². The molecule has 0 aliphatic heterocycles. The van der Waals surface area contributed by atoms with E-state index in [4.69, 9.17) is 0 Å². The van der Waals surface area contributed by atoms with Gasteiger partial charge in [0, 0.05) is 24.7 Å². The van der Waals surface area contributed by atoms with Gasteiger partial charge in [-0.1, -0.05) is 12.1 Å². The first-order valence-electron chi connectivity index (χ1n) is 7.54. The Hall–Kier alpha value is -2.74. The van der Waals surface area contributed by atoms with Gasteiger partial charge in [0.1, 0.15) is 17.7 Å². The minimum atomic E-state index is 0.670. The minimum Gasteiger partial charge on any atom is -0.352 e. The molecule has 2 aromatic heterocycles. The van der Waals surface area contributed by atoms with Crippen molar-refractivity contribution >= 4 is 17.3 Å². The standard InChI is InChI=1S/C16H19N7S/c1-12-7-19-15(24-12)9-21-16(17-2)20-8-13-3-5-14(6-4-13)23-11-18-10-22-23/h3-7,10-11H,8-9H2,1-2H3,(H2,17,20,21). The number of guanidine groups is 1. The zero-order valence-corrected chi connectivity index (χ0v) is 14.4. The number of aromatic nitrogens is 4. The van der Waals surface area contributed by atoms with E-state index in [0.29, 0.717) is 13.1 Å². The van der Waals surface area contributed by atoms with Gasteiger partial charge >= 0.3 is 0 Å². The number of hydrogen-bond acceptors (Lipinski definition) is 5. The molecular weight excluding hydrogens is 322 g/mol. The Morgan fingerprint density at radius 1 is 1.21 bits per heavy atom. The number of aliphatic imine (C=N–C) groups is 1. The van der Waals surface area contributed by atoms with E-state index in [1.165, 1.54) is 11.2 Å². The van der Waals surface area contributed by atoms with Gasteiger partial charge in [0.25, 0.3) is 0 Å². The summed E-state index contributed by atoms with van der Waals surface area (Å²) in [4.78, 5) is 13.7. The molecule has 0 unspecified atom stereocenters. The second-order valence-electron chi connectivity index (χ2n) is 5.15. The van der Waals surface area contributed by atoms with E-state index in [1.54, 1.807) is 29.4 Å². The highest BCUT2D eigenvalue weighted by atomic mass is 32.1. The van der Waals surface area contributed by atoms with Crippen molar-refractivity contribution in [2.24, 2.45) is 4.99 Å².